The van der Waals surface area contributed by atoms with Crippen molar-refractivity contribution in [1.82, 2.24) is 9.80 Å². The van der Waals surface area contributed by atoms with Crippen LogP contribution in [0.15, 0.2) is 97.1 Å². The first-order valence-corrected chi connectivity index (χ1v) is 15.1. The summed E-state index contributed by atoms with van der Waals surface area (Å²) in [7, 11) is 4.04. The van der Waals surface area contributed by atoms with Crippen LogP contribution in [-0.4, -0.2) is 67.1 Å². The Bertz CT molecular complexity index is 1580. The number of benzene rings is 4. The Kier molecular flexibility index (Phi) is 12.2. The number of rotatable bonds is 9. The molecule has 4 aromatic rings. The summed E-state index contributed by atoms with van der Waals surface area (Å²) in [5, 5.41) is 12.1. The highest BCUT2D eigenvalue weighted by molar-refractivity contribution is 6.02. The third kappa shape index (κ3) is 9.37. The number of carbonyl (C=O) groups is 2. The van der Waals surface area contributed by atoms with Gasteiger partial charge in [0.2, 0.25) is 5.91 Å². The molecule has 1 aliphatic heterocycles. The van der Waals surface area contributed by atoms with Crippen molar-refractivity contribution in [3.05, 3.63) is 120 Å². The number of fused-ring (bicyclic) bond motifs is 1. The van der Waals surface area contributed by atoms with Crippen molar-refractivity contribution in [3.8, 4) is 17.2 Å². The number of halogens is 1. The van der Waals surface area contributed by atoms with E-state index in [2.05, 4.69) is 10.2 Å². The van der Waals surface area contributed by atoms with Crippen LogP contribution in [0.2, 0.25) is 0 Å². The Hall–Kier alpha value is -4.77. The maximum absolute atomic E-state index is 13.4. The van der Waals surface area contributed by atoms with Crippen LogP contribution >= 0.6 is 0 Å². The summed E-state index contributed by atoms with van der Waals surface area (Å²) < 4.78 is 24.8. The van der Waals surface area contributed by atoms with Crippen LogP contribution in [0.3, 0.4) is 0 Å². The Balaban J connectivity index is 0.000000230. The number of aliphatic hydroxyl groups is 1. The molecule has 0 saturated carbocycles. The summed E-state index contributed by atoms with van der Waals surface area (Å²) in [5.41, 5.74) is 8.72. The second-order valence-electron chi connectivity index (χ2n) is 11.4. The molecule has 0 radical (unpaired) electrons. The molecule has 4 aromatic carbocycles. The molecule has 242 valence electrons. The molecule has 0 aromatic heterocycles. The molecule has 46 heavy (non-hydrogen) atoms. The first-order chi connectivity index (χ1) is 22.2. The van der Waals surface area contributed by atoms with E-state index in [-0.39, 0.29) is 36.5 Å². The summed E-state index contributed by atoms with van der Waals surface area (Å²) >= 11 is 0. The minimum Gasteiger partial charge on any atom is -0.490 e. The monoisotopic (exact) mass is 628 g/mol. The number of nitrogens with two attached hydrogens (primary N) is 1. The lowest BCUT2D eigenvalue weighted by Crippen LogP contribution is -2.40. The first kappa shape index (κ1) is 34.1. The number of carbonyl (C=O) groups excluding carboxylic acids is 2. The number of nitrogens with zero attached hydrogens (tertiary/aromatic N) is 2. The molecular formula is C36H41FN4O5. The van der Waals surface area contributed by atoms with Crippen molar-refractivity contribution in [3.63, 3.8) is 0 Å². The van der Waals surface area contributed by atoms with Gasteiger partial charge in [-0.1, -0.05) is 67.6 Å². The van der Waals surface area contributed by atoms with Gasteiger partial charge in [-0.15, -0.1) is 0 Å². The second-order valence-corrected chi connectivity index (χ2v) is 11.4. The zero-order chi connectivity index (χ0) is 33.1. The summed E-state index contributed by atoms with van der Waals surface area (Å²) in [5.74, 6) is 0.321. The maximum Gasteiger partial charge on any atom is 0.257 e. The lowest BCUT2D eigenvalue weighted by molar-refractivity contribution is -0.117. The fourth-order valence-corrected chi connectivity index (χ4v) is 4.89. The summed E-state index contributed by atoms with van der Waals surface area (Å²) in [6.07, 6.45) is 0. The van der Waals surface area contributed by atoms with Gasteiger partial charge in [-0.3, -0.25) is 9.59 Å². The SMILES string of the molecule is CN(C)Cc1ccc(Oc2ccccc2F)cc1.C[C@H]1COc2c(NC(=O)C(N)c3ccccc3)cccc2C(=O)N(CCO)C1. The average molecular weight is 629 g/mol. The molecule has 0 fully saturated rings. The van der Waals surface area contributed by atoms with E-state index in [0.717, 1.165) is 6.54 Å². The van der Waals surface area contributed by atoms with Gasteiger partial charge in [-0.25, -0.2) is 4.39 Å². The number of β-amino-alcohol motifs (C(OH)–C–C–N with tert-alkyl or cyclic N) is 1. The van der Waals surface area contributed by atoms with Gasteiger partial charge < -0.3 is 35.4 Å². The van der Waals surface area contributed by atoms with E-state index in [1.54, 1.807) is 53.4 Å². The molecule has 0 saturated heterocycles. The van der Waals surface area contributed by atoms with Crippen molar-refractivity contribution < 1.29 is 28.6 Å². The molecule has 0 bridgehead atoms. The van der Waals surface area contributed by atoms with E-state index in [1.165, 1.54) is 11.6 Å². The van der Waals surface area contributed by atoms with E-state index in [4.69, 9.17) is 15.2 Å². The number of aliphatic hydroxyl groups excluding tert-OH is 1. The summed E-state index contributed by atoms with van der Waals surface area (Å²) in [6.45, 7) is 3.86. The van der Waals surface area contributed by atoms with Crippen molar-refractivity contribution in [2.75, 3.05) is 45.7 Å². The van der Waals surface area contributed by atoms with Crippen LogP contribution < -0.4 is 20.5 Å². The van der Waals surface area contributed by atoms with E-state index in [0.29, 0.717) is 41.5 Å². The molecule has 0 spiro atoms. The van der Waals surface area contributed by atoms with Crippen molar-refractivity contribution >= 4 is 17.5 Å². The number of hydrogen-bond acceptors (Lipinski definition) is 7. The molecule has 2 amide bonds. The van der Waals surface area contributed by atoms with Crippen LogP contribution in [0.25, 0.3) is 0 Å². The molecule has 0 aliphatic carbocycles. The van der Waals surface area contributed by atoms with Crippen molar-refractivity contribution in [2.24, 2.45) is 11.7 Å². The van der Waals surface area contributed by atoms with Gasteiger partial charge in [-0.05, 0) is 61.6 Å². The quantitative estimate of drug-likeness (QED) is 0.225. The maximum atomic E-state index is 13.4. The Morgan fingerprint density at radius 3 is 2.41 bits per heavy atom. The highest BCUT2D eigenvalue weighted by Crippen LogP contribution is 2.33. The number of para-hydroxylation sites is 2. The molecular weight excluding hydrogens is 587 g/mol. The second kappa shape index (κ2) is 16.5. The molecule has 10 heteroatoms. The zero-order valence-corrected chi connectivity index (χ0v) is 26.4. The Morgan fingerprint density at radius 1 is 1.04 bits per heavy atom. The third-order valence-electron chi connectivity index (χ3n) is 7.13. The smallest absolute Gasteiger partial charge is 0.257 e. The predicted molar refractivity (Wildman–Crippen MR) is 176 cm³/mol. The summed E-state index contributed by atoms with van der Waals surface area (Å²) in [4.78, 5) is 29.3. The fraction of sp³-hybridized carbons (Fsp3) is 0.278. The van der Waals surface area contributed by atoms with Gasteiger partial charge in [0, 0.05) is 25.6 Å². The third-order valence-corrected chi connectivity index (χ3v) is 7.13. The van der Waals surface area contributed by atoms with Gasteiger partial charge in [0.1, 0.15) is 11.8 Å². The van der Waals surface area contributed by atoms with Crippen molar-refractivity contribution in [2.45, 2.75) is 19.5 Å². The number of anilines is 1. The first-order valence-electron chi connectivity index (χ1n) is 15.1. The largest absolute Gasteiger partial charge is 0.490 e. The molecule has 5 rings (SSSR count). The van der Waals surface area contributed by atoms with Gasteiger partial charge in [0.15, 0.2) is 17.3 Å². The minimum atomic E-state index is -0.842. The molecule has 1 unspecified atom stereocenters. The molecule has 9 nitrogen and oxygen atoms in total. The van der Waals surface area contributed by atoms with E-state index >= 15 is 0 Å². The highest BCUT2D eigenvalue weighted by Gasteiger charge is 2.27. The van der Waals surface area contributed by atoms with Crippen molar-refractivity contribution in [1.29, 1.82) is 0 Å². The van der Waals surface area contributed by atoms with Crippen LogP contribution in [0.1, 0.15) is 34.5 Å². The van der Waals surface area contributed by atoms with Gasteiger partial charge in [-0.2, -0.15) is 0 Å². The average Bonchev–Trinajstić information content (AvgIpc) is 3.05. The van der Waals surface area contributed by atoms with Crippen LogP contribution in [0, 0.1) is 11.7 Å². The van der Waals surface area contributed by atoms with Crippen LogP contribution in [0.5, 0.6) is 17.2 Å². The van der Waals surface area contributed by atoms with Gasteiger partial charge in [0.05, 0.1) is 24.5 Å². The standard InChI is InChI=1S/C21H25N3O4.C15H16FNO/c1-14-12-24(10-11-25)21(27)16-8-5-9-17(19(16)28-13-14)23-20(26)18(22)15-6-3-2-4-7-15;1-17(2)11-12-7-9-13(10-8-12)18-15-6-4-3-5-14(15)16/h2-9,14,18,25H,10-13,22H2,1H3,(H,23,26);3-10H,11H2,1-2H3/t14-,18?;/m1./s1. The molecule has 4 N–H and O–H groups in total. The van der Waals surface area contributed by atoms with Gasteiger partial charge in [0.25, 0.3) is 5.91 Å². The van der Waals surface area contributed by atoms with E-state index < -0.39 is 11.9 Å². The normalized spacial score (nSPS) is 15.0. The Labute approximate surface area is 269 Å². The number of amides is 2. The van der Waals surface area contributed by atoms with E-state index in [9.17, 15) is 19.1 Å². The van der Waals surface area contributed by atoms with E-state index in [1.807, 2.05) is 63.5 Å². The predicted octanol–water partition coefficient (Wildman–Crippen LogP) is 5.47. The zero-order valence-electron chi connectivity index (χ0n) is 26.4. The Morgan fingerprint density at radius 2 is 1.74 bits per heavy atom. The molecule has 1 aliphatic rings. The molecule has 1 heterocycles. The van der Waals surface area contributed by atoms with Gasteiger partial charge >= 0.3 is 0 Å². The number of hydrogen-bond donors (Lipinski definition) is 3. The lowest BCUT2D eigenvalue weighted by atomic mass is 10.1. The molecule has 2 atom stereocenters. The lowest BCUT2D eigenvalue weighted by Gasteiger charge is -2.30. The summed E-state index contributed by atoms with van der Waals surface area (Å²) in [6, 6.07) is 27.3. The van der Waals surface area contributed by atoms with Crippen LogP contribution in [-0.2, 0) is 11.3 Å². The topological polar surface area (TPSA) is 117 Å². The minimum absolute atomic E-state index is 0.0824. The number of nitrogens with one attached hydrogen (secondary N) is 1. The van der Waals surface area contributed by atoms with Crippen LogP contribution in [0.4, 0.5) is 10.1 Å². The number of ether oxygens (including phenoxy) is 2. The fourth-order valence-electron chi connectivity index (χ4n) is 4.89. The highest BCUT2D eigenvalue weighted by atomic mass is 19.1.